The number of amides is 1. The molecule has 1 amide bonds. The molecule has 0 radical (unpaired) electrons. The number of hydrogen-bond donors (Lipinski definition) is 0. The Morgan fingerprint density at radius 3 is 2.42 bits per heavy atom. The lowest BCUT2D eigenvalue weighted by Gasteiger charge is -2.42. The summed E-state index contributed by atoms with van der Waals surface area (Å²) in [6.07, 6.45) is 1.57. The summed E-state index contributed by atoms with van der Waals surface area (Å²) in [5.74, 6) is 1.47. The maximum Gasteiger partial charge on any atom is 0.410 e. The molecule has 4 aliphatic heterocycles. The summed E-state index contributed by atoms with van der Waals surface area (Å²) in [5.41, 5.74) is 0.168. The minimum atomic E-state index is -0.540. The first-order chi connectivity index (χ1) is 19.0. The third kappa shape index (κ3) is 5.25. The second-order valence-corrected chi connectivity index (χ2v) is 14.6. The molecule has 40 heavy (non-hydrogen) atoms. The van der Waals surface area contributed by atoms with Crippen molar-refractivity contribution in [1.82, 2.24) is 24.3 Å². The first kappa shape index (κ1) is 28.6. The highest BCUT2D eigenvalue weighted by atomic mass is 79.9. The smallest absolute Gasteiger partial charge is 0.410 e. The summed E-state index contributed by atoms with van der Waals surface area (Å²) in [4.78, 5) is 41.6. The highest BCUT2D eigenvalue weighted by Gasteiger charge is 2.45. The van der Waals surface area contributed by atoms with E-state index in [0.717, 1.165) is 78.1 Å². The lowest BCUT2D eigenvalue weighted by atomic mass is 10.1. The van der Waals surface area contributed by atoms with Gasteiger partial charge in [0.05, 0.1) is 33.1 Å². The topological polar surface area (TPSA) is 74.2 Å². The molecule has 12 heteroatoms. The lowest BCUT2D eigenvalue weighted by molar-refractivity contribution is 0.0123. The van der Waals surface area contributed by atoms with E-state index >= 15 is 0 Å². The predicted molar refractivity (Wildman–Crippen MR) is 164 cm³/mol. The van der Waals surface area contributed by atoms with Crippen molar-refractivity contribution in [2.24, 2.45) is 0 Å². The van der Waals surface area contributed by atoms with Gasteiger partial charge in [0.1, 0.15) is 11.4 Å². The zero-order valence-corrected chi connectivity index (χ0v) is 26.8. The summed E-state index contributed by atoms with van der Waals surface area (Å²) >= 11 is 12.2. The van der Waals surface area contributed by atoms with Crippen LogP contribution in [0.5, 0.6) is 0 Å². The molecular weight excluding hydrogens is 616 g/mol. The normalized spacial score (nSPS) is 25.6. The third-order valence-corrected chi connectivity index (χ3v) is 11.4. The number of aromatic nitrogens is 2. The molecule has 3 saturated heterocycles. The van der Waals surface area contributed by atoms with Gasteiger partial charge in [0.15, 0.2) is 0 Å². The molecule has 9 nitrogen and oxygen atoms in total. The van der Waals surface area contributed by atoms with Crippen LogP contribution in [0.15, 0.2) is 20.2 Å². The highest BCUT2D eigenvalue weighted by Crippen LogP contribution is 2.46. The minimum absolute atomic E-state index is 0.0232. The summed E-state index contributed by atoms with van der Waals surface area (Å²) in [6, 6.07) is 2.04. The van der Waals surface area contributed by atoms with Crippen LogP contribution in [0.4, 0.5) is 10.6 Å². The maximum atomic E-state index is 13.8. The number of likely N-dealkylation sites (N-methyl/N-ethyl adjacent to an activating group) is 1. The van der Waals surface area contributed by atoms with Crippen LogP contribution in [-0.2, 0) is 4.74 Å². The number of rotatable bonds is 4. The number of piperazine rings is 2. The van der Waals surface area contributed by atoms with Crippen molar-refractivity contribution in [1.29, 1.82) is 0 Å². The van der Waals surface area contributed by atoms with Crippen LogP contribution in [0.2, 0.25) is 5.02 Å². The van der Waals surface area contributed by atoms with Gasteiger partial charge in [-0.05, 0) is 62.2 Å². The zero-order valence-electron chi connectivity index (χ0n) is 23.7. The second kappa shape index (κ2) is 10.9. The van der Waals surface area contributed by atoms with Gasteiger partial charge >= 0.3 is 11.8 Å². The van der Waals surface area contributed by atoms with Crippen LogP contribution in [0.1, 0.15) is 46.6 Å². The average molecular weight is 654 g/mol. The zero-order chi connectivity index (χ0) is 28.3. The summed E-state index contributed by atoms with van der Waals surface area (Å²) in [6.45, 7) is 15.2. The molecule has 5 heterocycles. The van der Waals surface area contributed by atoms with Crippen LogP contribution in [0.3, 0.4) is 0 Å². The number of ether oxygens (including phenoxy) is 1. The summed E-state index contributed by atoms with van der Waals surface area (Å²) < 4.78 is 8.48. The Balaban J connectivity index is 1.33. The molecule has 0 spiro atoms. The molecule has 2 unspecified atom stereocenters. The van der Waals surface area contributed by atoms with Crippen molar-refractivity contribution in [3.05, 3.63) is 26.0 Å². The van der Waals surface area contributed by atoms with Crippen LogP contribution in [-0.4, -0.2) is 106 Å². The molecule has 3 fully saturated rings. The van der Waals surface area contributed by atoms with Gasteiger partial charge in [-0.3, -0.25) is 14.4 Å². The van der Waals surface area contributed by atoms with Gasteiger partial charge in [0.25, 0.3) is 0 Å². The van der Waals surface area contributed by atoms with E-state index in [0.29, 0.717) is 23.9 Å². The number of anilines is 1. The van der Waals surface area contributed by atoms with Crippen molar-refractivity contribution in [3.63, 3.8) is 0 Å². The fourth-order valence-corrected chi connectivity index (χ4v) is 8.78. The summed E-state index contributed by atoms with van der Waals surface area (Å²) in [7, 11) is 0. The van der Waals surface area contributed by atoms with Crippen LogP contribution >= 0.6 is 39.3 Å². The van der Waals surface area contributed by atoms with Gasteiger partial charge in [0.2, 0.25) is 0 Å². The Morgan fingerprint density at radius 2 is 1.80 bits per heavy atom. The standard InChI is InChI=1S/C28H38BrClN6O3S/c1-5-32-8-10-33(11-9-32)13-19-16-40-24-22(29)21(30)12-20-23(24)36(19)26(37)31-25(20)34-14-17-6-7-18(15-34)35(17)27(38)39-28(2,3)4/h12,17-19H,5-11,13-16H2,1-4H3/t17?,18?,19-/m0/s1. The number of thioether (sulfide) groups is 1. The van der Waals surface area contributed by atoms with Crippen LogP contribution < -0.4 is 10.6 Å². The number of fused-ring (bicyclic) bond motifs is 2. The molecule has 6 rings (SSSR count). The van der Waals surface area contributed by atoms with Crippen LogP contribution in [0.25, 0.3) is 10.9 Å². The Bertz CT molecular complexity index is 1360. The molecular formula is C28H38BrClN6O3S. The second-order valence-electron chi connectivity index (χ2n) is 12.4. The monoisotopic (exact) mass is 652 g/mol. The molecule has 0 aliphatic carbocycles. The minimum Gasteiger partial charge on any atom is -0.444 e. The Morgan fingerprint density at radius 1 is 1.15 bits per heavy atom. The maximum absolute atomic E-state index is 13.8. The largest absolute Gasteiger partial charge is 0.444 e. The van der Waals surface area contributed by atoms with Crippen molar-refractivity contribution in [2.75, 3.05) is 63.0 Å². The van der Waals surface area contributed by atoms with Gasteiger partial charge in [-0.1, -0.05) is 18.5 Å². The van der Waals surface area contributed by atoms with E-state index < -0.39 is 5.60 Å². The summed E-state index contributed by atoms with van der Waals surface area (Å²) in [5, 5.41) is 1.52. The molecule has 1 aromatic heterocycles. The van der Waals surface area contributed by atoms with Crippen LogP contribution in [0, 0.1) is 0 Å². The van der Waals surface area contributed by atoms with Crippen molar-refractivity contribution in [3.8, 4) is 0 Å². The van der Waals surface area contributed by atoms with Gasteiger partial charge in [0, 0.05) is 61.8 Å². The first-order valence-corrected chi connectivity index (χ1v) is 16.5. The van der Waals surface area contributed by atoms with Gasteiger partial charge in [-0.2, -0.15) is 4.98 Å². The number of carbonyl (C=O) groups excluding carboxylic acids is 1. The fourth-order valence-electron chi connectivity index (χ4n) is 6.68. The molecule has 2 aromatic rings. The quantitative estimate of drug-likeness (QED) is 0.471. The fraction of sp³-hybridized carbons (Fsp3) is 0.679. The Labute approximate surface area is 253 Å². The van der Waals surface area contributed by atoms with E-state index in [9.17, 15) is 9.59 Å². The number of halogens is 2. The number of carbonyl (C=O) groups is 1. The lowest BCUT2D eigenvalue weighted by Crippen LogP contribution is -2.57. The van der Waals surface area contributed by atoms with E-state index in [4.69, 9.17) is 21.3 Å². The van der Waals surface area contributed by atoms with E-state index in [-0.39, 0.29) is 29.9 Å². The number of hydrogen-bond acceptors (Lipinski definition) is 8. The Kier molecular flexibility index (Phi) is 7.82. The van der Waals surface area contributed by atoms with E-state index in [1.165, 1.54) is 0 Å². The molecule has 0 N–H and O–H groups in total. The van der Waals surface area contributed by atoms with Crippen molar-refractivity contribution >= 4 is 62.1 Å². The average Bonchev–Trinajstić information content (AvgIpc) is 3.18. The van der Waals surface area contributed by atoms with E-state index in [2.05, 4.69) is 37.6 Å². The van der Waals surface area contributed by atoms with Crippen molar-refractivity contribution < 1.29 is 9.53 Å². The SMILES string of the molecule is CCN1CCN(C[C@H]2CSc3c(Br)c(Cl)cc4c(N5CC6CCC(C5)N6C(=O)OC(C)(C)C)nc(=O)n2c34)CC1. The van der Waals surface area contributed by atoms with Gasteiger partial charge in [-0.15, -0.1) is 11.8 Å². The molecule has 3 atom stereocenters. The van der Waals surface area contributed by atoms with E-state index in [1.54, 1.807) is 11.8 Å². The number of benzene rings is 1. The van der Waals surface area contributed by atoms with Crippen molar-refractivity contribution in [2.45, 2.75) is 69.2 Å². The van der Waals surface area contributed by atoms with Gasteiger partial charge in [-0.25, -0.2) is 9.59 Å². The molecule has 218 valence electrons. The third-order valence-electron chi connectivity index (χ3n) is 8.59. The molecule has 4 aliphatic rings. The van der Waals surface area contributed by atoms with Gasteiger partial charge < -0.3 is 14.5 Å². The molecule has 0 saturated carbocycles. The highest BCUT2D eigenvalue weighted by molar-refractivity contribution is 9.10. The number of nitrogens with zero attached hydrogens (tertiary/aromatic N) is 6. The van der Waals surface area contributed by atoms with E-state index in [1.807, 2.05) is 36.3 Å². The molecule has 1 aromatic carbocycles. The molecule has 2 bridgehead atoms. The first-order valence-electron chi connectivity index (χ1n) is 14.3. The Hall–Kier alpha value is -1.53. The predicted octanol–water partition coefficient (Wildman–Crippen LogP) is 4.68.